The smallest absolute Gasteiger partial charge is 0.292 e. The maximum absolute atomic E-state index is 10.8. The van der Waals surface area contributed by atoms with Crippen LogP contribution in [0.25, 0.3) is 0 Å². The Balaban J connectivity index is 1.79. The number of guanidine groups is 1. The zero-order chi connectivity index (χ0) is 13.5. The van der Waals surface area contributed by atoms with Crippen LogP contribution in [0.15, 0.2) is 29.3 Å². The lowest BCUT2D eigenvalue weighted by molar-refractivity contribution is -0.384. The third kappa shape index (κ3) is 3.84. The van der Waals surface area contributed by atoms with Crippen LogP contribution in [0.5, 0.6) is 0 Å². The van der Waals surface area contributed by atoms with E-state index in [1.165, 1.54) is 6.07 Å². The summed E-state index contributed by atoms with van der Waals surface area (Å²) in [4.78, 5) is 14.7. The monoisotopic (exact) mass is 263 g/mol. The van der Waals surface area contributed by atoms with Crippen LogP contribution in [0.2, 0.25) is 0 Å². The van der Waals surface area contributed by atoms with Crippen molar-refractivity contribution in [1.82, 2.24) is 10.6 Å². The highest BCUT2D eigenvalue weighted by Gasteiger charge is 2.11. The molecule has 1 aromatic carbocycles. The topological polar surface area (TPSA) is 91.6 Å². The third-order valence-corrected chi connectivity index (χ3v) is 2.73. The van der Waals surface area contributed by atoms with Gasteiger partial charge in [0, 0.05) is 32.2 Å². The lowest BCUT2D eigenvalue weighted by atomic mass is 10.2. The van der Waals surface area contributed by atoms with Gasteiger partial charge in [0.25, 0.3) is 5.69 Å². The van der Waals surface area contributed by atoms with Crippen LogP contribution in [0, 0.1) is 10.1 Å². The van der Waals surface area contributed by atoms with Crippen LogP contribution in [-0.4, -0.2) is 37.1 Å². The maximum Gasteiger partial charge on any atom is 0.292 e. The molecule has 0 saturated carbocycles. The summed E-state index contributed by atoms with van der Waals surface area (Å²) in [5.74, 6) is 0.801. The van der Waals surface area contributed by atoms with Gasteiger partial charge in [0.2, 0.25) is 0 Å². The van der Waals surface area contributed by atoms with Gasteiger partial charge < -0.3 is 16.0 Å². The molecular weight excluding hydrogens is 246 g/mol. The van der Waals surface area contributed by atoms with Gasteiger partial charge in [-0.25, -0.2) is 0 Å². The number of nitrogens with zero attached hydrogens (tertiary/aromatic N) is 2. The van der Waals surface area contributed by atoms with Gasteiger partial charge in [0.1, 0.15) is 5.69 Å². The first-order valence-electron chi connectivity index (χ1n) is 6.27. The van der Waals surface area contributed by atoms with E-state index in [-0.39, 0.29) is 10.6 Å². The van der Waals surface area contributed by atoms with Gasteiger partial charge >= 0.3 is 0 Å². The fourth-order valence-electron chi connectivity index (χ4n) is 1.81. The number of hydrogen-bond acceptors (Lipinski definition) is 6. The fraction of sp³-hybridized carbons (Fsp3) is 0.417. The van der Waals surface area contributed by atoms with Gasteiger partial charge in [-0.15, -0.1) is 0 Å². The number of para-hydroxylation sites is 2. The molecule has 0 amide bonds. The number of aliphatic imine (C=N–C) groups is 1. The normalized spacial score (nSPS) is 14.2. The Bertz CT molecular complexity index is 475. The number of nitro benzene ring substituents is 1. The molecule has 1 aliphatic heterocycles. The van der Waals surface area contributed by atoms with E-state index >= 15 is 0 Å². The Kier molecular flexibility index (Phi) is 4.54. The zero-order valence-corrected chi connectivity index (χ0v) is 10.6. The van der Waals surface area contributed by atoms with Crippen molar-refractivity contribution >= 4 is 17.3 Å². The van der Waals surface area contributed by atoms with Gasteiger partial charge in [-0.1, -0.05) is 12.1 Å². The van der Waals surface area contributed by atoms with Crippen LogP contribution in [0.4, 0.5) is 11.4 Å². The first kappa shape index (κ1) is 13.1. The van der Waals surface area contributed by atoms with Crippen LogP contribution in [0.3, 0.4) is 0 Å². The van der Waals surface area contributed by atoms with Crippen molar-refractivity contribution in [1.29, 1.82) is 0 Å². The molecule has 0 aliphatic carbocycles. The van der Waals surface area contributed by atoms with E-state index in [0.29, 0.717) is 18.8 Å². The average molecular weight is 263 g/mol. The van der Waals surface area contributed by atoms with Crippen molar-refractivity contribution in [2.75, 3.05) is 31.5 Å². The number of anilines is 1. The van der Waals surface area contributed by atoms with E-state index in [1.54, 1.807) is 18.2 Å². The van der Waals surface area contributed by atoms with Crippen LogP contribution < -0.4 is 16.0 Å². The largest absolute Gasteiger partial charge is 0.378 e. The van der Waals surface area contributed by atoms with Crippen LogP contribution >= 0.6 is 0 Å². The molecule has 1 aromatic rings. The fourth-order valence-corrected chi connectivity index (χ4v) is 1.81. The first-order valence-corrected chi connectivity index (χ1v) is 6.27. The molecule has 1 aliphatic rings. The van der Waals surface area contributed by atoms with Crippen molar-refractivity contribution in [2.45, 2.75) is 6.42 Å². The van der Waals surface area contributed by atoms with Gasteiger partial charge in [-0.05, 0) is 12.5 Å². The summed E-state index contributed by atoms with van der Waals surface area (Å²) in [6, 6.07) is 6.62. The highest BCUT2D eigenvalue weighted by atomic mass is 16.6. The molecule has 0 aromatic heterocycles. The molecule has 102 valence electrons. The molecule has 0 saturated heterocycles. The number of nitrogens with one attached hydrogen (secondary N) is 3. The lowest BCUT2D eigenvalue weighted by Gasteiger charge is -2.16. The van der Waals surface area contributed by atoms with Gasteiger partial charge in [-0.2, -0.15) is 0 Å². The first-order chi connectivity index (χ1) is 9.27. The Morgan fingerprint density at radius 3 is 2.84 bits per heavy atom. The molecule has 0 unspecified atom stereocenters. The second-order valence-corrected chi connectivity index (χ2v) is 4.14. The second kappa shape index (κ2) is 6.58. The molecule has 0 radical (unpaired) electrons. The van der Waals surface area contributed by atoms with E-state index in [0.717, 1.165) is 25.5 Å². The molecule has 0 atom stereocenters. The maximum atomic E-state index is 10.8. The van der Waals surface area contributed by atoms with Crippen molar-refractivity contribution in [3.63, 3.8) is 0 Å². The van der Waals surface area contributed by atoms with Gasteiger partial charge in [0.05, 0.1) is 4.92 Å². The van der Waals surface area contributed by atoms with Crippen molar-refractivity contribution < 1.29 is 4.92 Å². The molecule has 1 heterocycles. The minimum atomic E-state index is -0.386. The SMILES string of the molecule is O=[N+]([O-])c1ccccc1NCCNC1=NCCCN1. The van der Waals surface area contributed by atoms with E-state index in [4.69, 9.17) is 0 Å². The third-order valence-electron chi connectivity index (χ3n) is 2.73. The Morgan fingerprint density at radius 1 is 1.32 bits per heavy atom. The summed E-state index contributed by atoms with van der Waals surface area (Å²) < 4.78 is 0. The van der Waals surface area contributed by atoms with Gasteiger partial charge in [-0.3, -0.25) is 15.1 Å². The highest BCUT2D eigenvalue weighted by Crippen LogP contribution is 2.22. The Morgan fingerprint density at radius 2 is 2.11 bits per heavy atom. The van der Waals surface area contributed by atoms with E-state index < -0.39 is 0 Å². The Hall–Kier alpha value is -2.31. The molecule has 19 heavy (non-hydrogen) atoms. The van der Waals surface area contributed by atoms with E-state index in [1.807, 2.05) is 0 Å². The Labute approximate surface area is 111 Å². The quantitative estimate of drug-likeness (QED) is 0.418. The number of benzene rings is 1. The summed E-state index contributed by atoms with van der Waals surface area (Å²) >= 11 is 0. The number of rotatable bonds is 5. The van der Waals surface area contributed by atoms with Crippen molar-refractivity contribution in [3.8, 4) is 0 Å². The minimum Gasteiger partial charge on any atom is -0.378 e. The second-order valence-electron chi connectivity index (χ2n) is 4.14. The minimum absolute atomic E-state index is 0.0932. The van der Waals surface area contributed by atoms with Crippen molar-refractivity contribution in [3.05, 3.63) is 34.4 Å². The molecule has 3 N–H and O–H groups in total. The molecule has 0 bridgehead atoms. The number of nitro groups is 1. The lowest BCUT2D eigenvalue weighted by Crippen LogP contribution is -2.42. The summed E-state index contributed by atoms with van der Waals surface area (Å²) in [5.41, 5.74) is 0.628. The standard InChI is InChI=1S/C12H17N5O2/c18-17(19)11-5-2-1-4-10(11)13-8-9-16-12-14-6-3-7-15-12/h1-2,4-5,13H,3,6-9H2,(H2,14,15,16). The van der Waals surface area contributed by atoms with E-state index in [9.17, 15) is 10.1 Å². The molecule has 0 fully saturated rings. The van der Waals surface area contributed by atoms with Crippen LogP contribution in [-0.2, 0) is 0 Å². The predicted molar refractivity (Wildman–Crippen MR) is 74.5 cm³/mol. The van der Waals surface area contributed by atoms with E-state index in [2.05, 4.69) is 20.9 Å². The molecule has 0 spiro atoms. The van der Waals surface area contributed by atoms with Crippen molar-refractivity contribution in [2.24, 2.45) is 4.99 Å². The molecule has 2 rings (SSSR count). The molecule has 7 nitrogen and oxygen atoms in total. The summed E-state index contributed by atoms with van der Waals surface area (Å²) in [6.07, 6.45) is 1.06. The summed E-state index contributed by atoms with van der Waals surface area (Å²) in [7, 11) is 0. The zero-order valence-electron chi connectivity index (χ0n) is 10.6. The number of hydrogen-bond donors (Lipinski definition) is 3. The summed E-state index contributed by atoms with van der Waals surface area (Å²) in [6.45, 7) is 3.01. The predicted octanol–water partition coefficient (Wildman–Crippen LogP) is 0.946. The molecular formula is C12H17N5O2. The molecule has 7 heteroatoms. The van der Waals surface area contributed by atoms with Crippen LogP contribution in [0.1, 0.15) is 6.42 Å². The highest BCUT2D eigenvalue weighted by molar-refractivity contribution is 5.80. The van der Waals surface area contributed by atoms with Gasteiger partial charge in [0.15, 0.2) is 5.96 Å². The summed E-state index contributed by atoms with van der Waals surface area (Å²) in [5, 5.41) is 20.2. The average Bonchev–Trinajstić information content (AvgIpc) is 2.45.